The van der Waals surface area contributed by atoms with Gasteiger partial charge in [0, 0.05) is 30.2 Å². The number of para-hydroxylation sites is 1. The van der Waals surface area contributed by atoms with Crippen molar-refractivity contribution in [1.82, 2.24) is 14.5 Å². The van der Waals surface area contributed by atoms with Crippen molar-refractivity contribution in [2.24, 2.45) is 0 Å². The highest BCUT2D eigenvalue weighted by Gasteiger charge is 2.20. The molecule has 32 heavy (non-hydrogen) atoms. The molecule has 0 unspecified atom stereocenters. The van der Waals surface area contributed by atoms with Gasteiger partial charge in [0.05, 0.1) is 31.0 Å². The van der Waals surface area contributed by atoms with E-state index in [-0.39, 0.29) is 5.91 Å². The van der Waals surface area contributed by atoms with Gasteiger partial charge in [0.2, 0.25) is 5.91 Å². The van der Waals surface area contributed by atoms with E-state index in [1.54, 1.807) is 11.0 Å². The van der Waals surface area contributed by atoms with E-state index >= 15 is 0 Å². The number of ether oxygens (including phenoxy) is 2. The third-order valence-corrected chi connectivity index (χ3v) is 5.52. The lowest BCUT2D eigenvalue weighted by Crippen LogP contribution is -2.39. The summed E-state index contributed by atoms with van der Waals surface area (Å²) in [6.45, 7) is 7.05. The molecule has 2 aromatic heterocycles. The number of morpholine rings is 1. The molecule has 0 saturated carbocycles. The topological polar surface area (TPSA) is 80.4 Å². The zero-order chi connectivity index (χ0) is 22.5. The number of hydrogen-bond donors (Lipinski definition) is 0. The Morgan fingerprint density at radius 3 is 2.72 bits per heavy atom. The van der Waals surface area contributed by atoms with Crippen LogP contribution in [0.3, 0.4) is 0 Å². The molecule has 1 aliphatic heterocycles. The molecule has 0 N–H and O–H groups in total. The Morgan fingerprint density at radius 2 is 2.00 bits per heavy atom. The van der Waals surface area contributed by atoms with Crippen molar-refractivity contribution in [2.75, 3.05) is 32.9 Å². The molecule has 0 bridgehead atoms. The molecule has 1 fully saturated rings. The number of benzene rings is 1. The molecule has 164 valence electrons. The number of nitrogens with zero attached hydrogens (tertiary/aromatic N) is 4. The second kappa shape index (κ2) is 9.67. The second-order valence-electron chi connectivity index (χ2n) is 7.74. The summed E-state index contributed by atoms with van der Waals surface area (Å²) in [5.41, 5.74) is 3.79. The first-order valence-corrected chi connectivity index (χ1v) is 10.7. The van der Waals surface area contributed by atoms with Crippen LogP contribution in [0.5, 0.6) is 5.75 Å². The Hall–Kier alpha value is -3.63. The predicted octanol–water partition coefficient (Wildman–Crippen LogP) is 3.48. The van der Waals surface area contributed by atoms with E-state index in [9.17, 15) is 10.1 Å². The summed E-state index contributed by atoms with van der Waals surface area (Å²) in [4.78, 5) is 19.1. The standard InChI is InChI=1S/C25H26N4O3/c1-18-16-19(2)27-25-24(18)21(17-26)22(8-9-23(30)28-10-13-31-14-11-28)29(25)12-15-32-20-6-4-3-5-7-20/h3-9,16H,10-15H2,1-2H3/b9-8+. The number of rotatable bonds is 6. The zero-order valence-electron chi connectivity index (χ0n) is 18.4. The number of nitriles is 1. The van der Waals surface area contributed by atoms with Gasteiger partial charge in [0.25, 0.3) is 0 Å². The maximum Gasteiger partial charge on any atom is 0.246 e. The van der Waals surface area contributed by atoms with Crippen LogP contribution >= 0.6 is 0 Å². The predicted molar refractivity (Wildman–Crippen MR) is 122 cm³/mol. The summed E-state index contributed by atoms with van der Waals surface area (Å²) in [7, 11) is 0. The van der Waals surface area contributed by atoms with Gasteiger partial charge in [0.15, 0.2) is 0 Å². The molecule has 7 heteroatoms. The zero-order valence-corrected chi connectivity index (χ0v) is 18.4. The highest BCUT2D eigenvalue weighted by atomic mass is 16.5. The molecule has 7 nitrogen and oxygen atoms in total. The number of carbonyl (C=O) groups excluding carboxylic acids is 1. The molecule has 1 aliphatic rings. The number of fused-ring (bicyclic) bond motifs is 1. The van der Waals surface area contributed by atoms with Crippen LogP contribution in [0.15, 0.2) is 42.5 Å². The van der Waals surface area contributed by atoms with Crippen LogP contribution in [0.25, 0.3) is 17.1 Å². The van der Waals surface area contributed by atoms with E-state index in [0.717, 1.165) is 28.0 Å². The van der Waals surface area contributed by atoms with Gasteiger partial charge in [-0.3, -0.25) is 4.79 Å². The summed E-state index contributed by atoms with van der Waals surface area (Å²) >= 11 is 0. The molecule has 0 radical (unpaired) electrons. The fourth-order valence-electron chi connectivity index (χ4n) is 4.02. The lowest BCUT2D eigenvalue weighted by atomic mass is 10.1. The average molecular weight is 431 g/mol. The summed E-state index contributed by atoms with van der Waals surface area (Å²) < 4.78 is 13.2. The second-order valence-corrected chi connectivity index (χ2v) is 7.74. The van der Waals surface area contributed by atoms with E-state index < -0.39 is 0 Å². The molecule has 1 aromatic carbocycles. The Kier molecular flexibility index (Phi) is 6.52. The maximum absolute atomic E-state index is 12.7. The van der Waals surface area contributed by atoms with Gasteiger partial charge in [-0.25, -0.2) is 4.98 Å². The molecular formula is C25H26N4O3. The normalized spacial score (nSPS) is 14.1. The van der Waals surface area contributed by atoms with Crippen LogP contribution in [0.1, 0.15) is 22.5 Å². The van der Waals surface area contributed by atoms with Gasteiger partial charge in [0.1, 0.15) is 24.1 Å². The Morgan fingerprint density at radius 1 is 1.25 bits per heavy atom. The molecule has 1 saturated heterocycles. The summed E-state index contributed by atoms with van der Waals surface area (Å²) in [6.07, 6.45) is 3.27. The molecule has 0 spiro atoms. The minimum Gasteiger partial charge on any atom is -0.492 e. The van der Waals surface area contributed by atoms with Crippen molar-refractivity contribution >= 4 is 23.0 Å². The van der Waals surface area contributed by atoms with E-state index in [4.69, 9.17) is 14.5 Å². The molecule has 0 aliphatic carbocycles. The summed E-state index contributed by atoms with van der Waals surface area (Å²) in [6, 6.07) is 13.9. The lowest BCUT2D eigenvalue weighted by molar-refractivity contribution is -0.129. The number of amides is 1. The largest absolute Gasteiger partial charge is 0.492 e. The fraction of sp³-hybridized carbons (Fsp3) is 0.320. The van der Waals surface area contributed by atoms with Crippen LogP contribution < -0.4 is 4.74 Å². The first-order valence-electron chi connectivity index (χ1n) is 10.7. The molecular weight excluding hydrogens is 404 g/mol. The summed E-state index contributed by atoms with van der Waals surface area (Å²) in [5, 5.41) is 10.8. The number of aryl methyl sites for hydroxylation is 2. The number of pyridine rings is 1. The first-order chi connectivity index (χ1) is 15.6. The van der Waals surface area contributed by atoms with Crippen molar-refractivity contribution in [3.05, 3.63) is 65.0 Å². The van der Waals surface area contributed by atoms with Crippen LogP contribution in [0, 0.1) is 25.2 Å². The van der Waals surface area contributed by atoms with Crippen molar-refractivity contribution < 1.29 is 14.3 Å². The molecule has 1 amide bonds. The van der Waals surface area contributed by atoms with E-state index in [1.807, 2.05) is 54.8 Å². The highest BCUT2D eigenvalue weighted by Crippen LogP contribution is 2.29. The van der Waals surface area contributed by atoms with Crippen molar-refractivity contribution in [2.45, 2.75) is 20.4 Å². The smallest absolute Gasteiger partial charge is 0.246 e. The molecule has 3 aromatic rings. The number of aromatic nitrogens is 2. The minimum absolute atomic E-state index is 0.0876. The first kappa shape index (κ1) is 21.6. The third kappa shape index (κ3) is 4.51. The molecule has 4 rings (SSSR count). The quantitative estimate of drug-likeness (QED) is 0.560. The fourth-order valence-corrected chi connectivity index (χ4v) is 4.02. The monoisotopic (exact) mass is 430 g/mol. The van der Waals surface area contributed by atoms with Gasteiger partial charge in [-0.05, 0) is 43.7 Å². The Balaban J connectivity index is 1.69. The van der Waals surface area contributed by atoms with E-state index in [0.29, 0.717) is 50.7 Å². The molecule has 3 heterocycles. The van der Waals surface area contributed by atoms with Crippen molar-refractivity contribution in [3.63, 3.8) is 0 Å². The van der Waals surface area contributed by atoms with Gasteiger partial charge in [-0.2, -0.15) is 5.26 Å². The van der Waals surface area contributed by atoms with E-state index in [1.165, 1.54) is 6.08 Å². The number of carbonyl (C=O) groups is 1. The Labute approximate surface area is 187 Å². The van der Waals surface area contributed by atoms with Gasteiger partial charge >= 0.3 is 0 Å². The average Bonchev–Trinajstić information content (AvgIpc) is 3.11. The maximum atomic E-state index is 12.7. The SMILES string of the molecule is Cc1cc(C)c2c(C#N)c(/C=C/C(=O)N3CCOCC3)n(CCOc3ccccc3)c2n1. The Bertz CT molecular complexity index is 1190. The minimum atomic E-state index is -0.0876. The van der Waals surface area contributed by atoms with Crippen LogP contribution in [-0.2, 0) is 16.1 Å². The van der Waals surface area contributed by atoms with Crippen LogP contribution in [0.2, 0.25) is 0 Å². The lowest BCUT2D eigenvalue weighted by Gasteiger charge is -2.25. The van der Waals surface area contributed by atoms with Gasteiger partial charge < -0.3 is 18.9 Å². The van der Waals surface area contributed by atoms with E-state index in [2.05, 4.69) is 6.07 Å². The number of hydrogen-bond acceptors (Lipinski definition) is 5. The molecule has 0 atom stereocenters. The van der Waals surface area contributed by atoms with Crippen LogP contribution in [-0.4, -0.2) is 53.3 Å². The van der Waals surface area contributed by atoms with Crippen molar-refractivity contribution in [1.29, 1.82) is 5.26 Å². The van der Waals surface area contributed by atoms with Crippen LogP contribution in [0.4, 0.5) is 0 Å². The highest BCUT2D eigenvalue weighted by molar-refractivity contribution is 5.95. The third-order valence-electron chi connectivity index (χ3n) is 5.52. The van der Waals surface area contributed by atoms with Crippen molar-refractivity contribution in [3.8, 4) is 11.8 Å². The summed E-state index contributed by atoms with van der Waals surface area (Å²) in [5.74, 6) is 0.694. The van der Waals surface area contributed by atoms with Gasteiger partial charge in [-0.1, -0.05) is 18.2 Å². The van der Waals surface area contributed by atoms with Gasteiger partial charge in [-0.15, -0.1) is 0 Å².